The molecule has 0 heterocycles. The molecule has 1 nitrogen and oxygen atoms in total. The molecule has 0 saturated heterocycles. The highest BCUT2D eigenvalue weighted by Gasteiger charge is 2.18. The quantitative estimate of drug-likeness (QED) is 0.869. The first-order valence-corrected chi connectivity index (χ1v) is 7.26. The van der Waals surface area contributed by atoms with E-state index in [2.05, 4.69) is 59.9 Å². The maximum absolute atomic E-state index is 3.61. The summed E-state index contributed by atoms with van der Waals surface area (Å²) in [6.45, 7) is 2.06. The van der Waals surface area contributed by atoms with Crippen LogP contribution in [0.15, 0.2) is 54.6 Å². The van der Waals surface area contributed by atoms with Crippen LogP contribution in [0.2, 0.25) is 0 Å². The van der Waals surface area contributed by atoms with Crippen LogP contribution in [0.3, 0.4) is 0 Å². The van der Waals surface area contributed by atoms with Crippen LogP contribution in [-0.2, 0) is 13.0 Å². The average molecular weight is 251 g/mol. The molecule has 0 amide bonds. The Morgan fingerprint density at radius 2 is 1.74 bits per heavy atom. The minimum absolute atomic E-state index is 0.689. The third-order valence-corrected chi connectivity index (χ3v) is 4.06. The van der Waals surface area contributed by atoms with Crippen molar-refractivity contribution in [3.05, 3.63) is 71.3 Å². The molecule has 2 aromatic carbocycles. The number of aryl methyl sites for hydroxylation is 1. The lowest BCUT2D eigenvalue weighted by molar-refractivity contribution is 0.507. The molecular formula is C18H21N. The van der Waals surface area contributed by atoms with Crippen LogP contribution in [0.5, 0.6) is 0 Å². The number of hydrogen-bond acceptors (Lipinski definition) is 1. The molecule has 19 heavy (non-hydrogen) atoms. The molecule has 0 aromatic heterocycles. The van der Waals surface area contributed by atoms with Crippen LogP contribution < -0.4 is 5.32 Å². The van der Waals surface area contributed by atoms with Crippen molar-refractivity contribution in [3.8, 4) is 0 Å². The first-order chi connectivity index (χ1) is 9.43. The Labute approximate surface area is 115 Å². The van der Waals surface area contributed by atoms with Gasteiger partial charge in [0, 0.05) is 13.1 Å². The summed E-state index contributed by atoms with van der Waals surface area (Å²) in [5.41, 5.74) is 4.49. The SMILES string of the molecule is c1ccc(CNCC2CCCc3ccccc32)cc1. The molecule has 0 saturated carbocycles. The van der Waals surface area contributed by atoms with Crippen LogP contribution in [-0.4, -0.2) is 6.54 Å². The third kappa shape index (κ3) is 3.05. The zero-order valence-corrected chi connectivity index (χ0v) is 11.3. The Balaban J connectivity index is 1.59. The van der Waals surface area contributed by atoms with Gasteiger partial charge in [-0.15, -0.1) is 0 Å². The van der Waals surface area contributed by atoms with E-state index in [0.717, 1.165) is 13.1 Å². The van der Waals surface area contributed by atoms with E-state index in [1.807, 2.05) is 0 Å². The zero-order chi connectivity index (χ0) is 12.9. The Morgan fingerprint density at radius 3 is 2.63 bits per heavy atom. The molecule has 1 N–H and O–H groups in total. The highest BCUT2D eigenvalue weighted by Crippen LogP contribution is 2.30. The number of nitrogens with one attached hydrogen (secondary N) is 1. The Kier molecular flexibility index (Phi) is 3.95. The summed E-state index contributed by atoms with van der Waals surface area (Å²) in [5.74, 6) is 0.689. The lowest BCUT2D eigenvalue weighted by Crippen LogP contribution is -2.24. The first-order valence-electron chi connectivity index (χ1n) is 7.26. The van der Waals surface area contributed by atoms with Crippen LogP contribution in [0.1, 0.15) is 35.4 Å². The van der Waals surface area contributed by atoms with Gasteiger partial charge in [0.1, 0.15) is 0 Å². The molecule has 1 aliphatic carbocycles. The molecule has 1 heteroatoms. The maximum Gasteiger partial charge on any atom is 0.0205 e. The van der Waals surface area contributed by atoms with Crippen molar-refractivity contribution in [1.29, 1.82) is 0 Å². The summed E-state index contributed by atoms with van der Waals surface area (Å²) >= 11 is 0. The van der Waals surface area contributed by atoms with E-state index in [4.69, 9.17) is 0 Å². The largest absolute Gasteiger partial charge is 0.312 e. The van der Waals surface area contributed by atoms with Crippen LogP contribution >= 0.6 is 0 Å². The molecular weight excluding hydrogens is 230 g/mol. The van der Waals surface area contributed by atoms with Gasteiger partial charge in [-0.05, 0) is 41.9 Å². The third-order valence-electron chi connectivity index (χ3n) is 4.06. The van der Waals surface area contributed by atoms with Gasteiger partial charge in [0.2, 0.25) is 0 Å². The van der Waals surface area contributed by atoms with E-state index in [1.165, 1.54) is 24.8 Å². The maximum atomic E-state index is 3.61. The summed E-state index contributed by atoms with van der Waals surface area (Å²) < 4.78 is 0. The molecule has 0 radical (unpaired) electrons. The van der Waals surface area contributed by atoms with Gasteiger partial charge >= 0.3 is 0 Å². The van der Waals surface area contributed by atoms with E-state index in [9.17, 15) is 0 Å². The zero-order valence-electron chi connectivity index (χ0n) is 11.3. The molecule has 1 unspecified atom stereocenters. The van der Waals surface area contributed by atoms with Gasteiger partial charge in [0.25, 0.3) is 0 Å². The number of rotatable bonds is 4. The molecule has 1 aliphatic rings. The highest BCUT2D eigenvalue weighted by atomic mass is 14.9. The van der Waals surface area contributed by atoms with Gasteiger partial charge in [-0.1, -0.05) is 54.6 Å². The van der Waals surface area contributed by atoms with E-state index in [0.29, 0.717) is 5.92 Å². The van der Waals surface area contributed by atoms with Gasteiger partial charge in [-0.2, -0.15) is 0 Å². The van der Waals surface area contributed by atoms with Crippen molar-refractivity contribution in [2.75, 3.05) is 6.54 Å². The summed E-state index contributed by atoms with van der Waals surface area (Å²) in [7, 11) is 0. The summed E-state index contributed by atoms with van der Waals surface area (Å²) in [6.07, 6.45) is 3.90. The summed E-state index contributed by atoms with van der Waals surface area (Å²) in [5, 5.41) is 3.61. The fourth-order valence-electron chi connectivity index (χ4n) is 3.05. The predicted octanol–water partition coefficient (Wildman–Crippen LogP) is 3.90. The predicted molar refractivity (Wildman–Crippen MR) is 80.3 cm³/mol. The van der Waals surface area contributed by atoms with Gasteiger partial charge in [0.15, 0.2) is 0 Å². The van der Waals surface area contributed by atoms with Crippen LogP contribution in [0.4, 0.5) is 0 Å². The fraction of sp³-hybridized carbons (Fsp3) is 0.333. The second-order valence-electron chi connectivity index (χ2n) is 5.40. The lowest BCUT2D eigenvalue weighted by atomic mass is 9.83. The van der Waals surface area contributed by atoms with Crippen molar-refractivity contribution in [3.63, 3.8) is 0 Å². The minimum atomic E-state index is 0.689. The fourth-order valence-corrected chi connectivity index (χ4v) is 3.05. The van der Waals surface area contributed by atoms with Crippen molar-refractivity contribution in [2.45, 2.75) is 31.7 Å². The minimum Gasteiger partial charge on any atom is -0.312 e. The van der Waals surface area contributed by atoms with Gasteiger partial charge in [-0.25, -0.2) is 0 Å². The van der Waals surface area contributed by atoms with Crippen LogP contribution in [0, 0.1) is 0 Å². The second-order valence-corrected chi connectivity index (χ2v) is 5.40. The van der Waals surface area contributed by atoms with Gasteiger partial charge in [0.05, 0.1) is 0 Å². The summed E-state index contributed by atoms with van der Waals surface area (Å²) in [6, 6.07) is 19.6. The van der Waals surface area contributed by atoms with Crippen LogP contribution in [0.25, 0.3) is 0 Å². The monoisotopic (exact) mass is 251 g/mol. The molecule has 1 atom stereocenters. The molecule has 0 bridgehead atoms. The Hall–Kier alpha value is -1.60. The van der Waals surface area contributed by atoms with Crippen molar-refractivity contribution < 1.29 is 0 Å². The lowest BCUT2D eigenvalue weighted by Gasteiger charge is -2.25. The molecule has 0 fully saturated rings. The molecule has 0 spiro atoms. The Morgan fingerprint density at radius 1 is 0.947 bits per heavy atom. The molecule has 2 aromatic rings. The van der Waals surface area contributed by atoms with Crippen molar-refractivity contribution in [1.82, 2.24) is 5.32 Å². The van der Waals surface area contributed by atoms with E-state index >= 15 is 0 Å². The van der Waals surface area contributed by atoms with Crippen molar-refractivity contribution in [2.24, 2.45) is 0 Å². The Bertz CT molecular complexity index is 518. The van der Waals surface area contributed by atoms with Crippen molar-refractivity contribution >= 4 is 0 Å². The normalized spacial score (nSPS) is 18.0. The number of benzene rings is 2. The molecule has 0 aliphatic heterocycles. The highest BCUT2D eigenvalue weighted by molar-refractivity contribution is 5.32. The first kappa shape index (κ1) is 12.4. The van der Waals surface area contributed by atoms with E-state index < -0.39 is 0 Å². The van der Waals surface area contributed by atoms with Gasteiger partial charge in [-0.3, -0.25) is 0 Å². The average Bonchev–Trinajstić information content (AvgIpc) is 2.49. The standard InChI is InChI=1S/C18H21N/c1-2-7-15(8-3-1)13-19-14-17-11-6-10-16-9-4-5-12-18(16)17/h1-5,7-9,12,17,19H,6,10-11,13-14H2. The molecule has 3 rings (SSSR count). The smallest absolute Gasteiger partial charge is 0.0205 e. The summed E-state index contributed by atoms with van der Waals surface area (Å²) in [4.78, 5) is 0. The molecule has 98 valence electrons. The number of fused-ring (bicyclic) bond motifs is 1. The van der Waals surface area contributed by atoms with E-state index in [1.54, 1.807) is 11.1 Å². The topological polar surface area (TPSA) is 12.0 Å². The number of hydrogen-bond donors (Lipinski definition) is 1. The second kappa shape index (κ2) is 6.03. The van der Waals surface area contributed by atoms with E-state index in [-0.39, 0.29) is 0 Å². The van der Waals surface area contributed by atoms with Gasteiger partial charge < -0.3 is 5.32 Å².